The van der Waals surface area contributed by atoms with Crippen LogP contribution in [0.1, 0.15) is 31.7 Å². The smallest absolute Gasteiger partial charge is 0.113 e. The number of halogens is 1. The number of hydrogen-bond donors (Lipinski definition) is 1. The lowest BCUT2D eigenvalue weighted by Crippen LogP contribution is -2.33. The van der Waals surface area contributed by atoms with Gasteiger partial charge in [0.15, 0.2) is 0 Å². The SMILES string of the molecule is CC(F)(Cc1ccccc1)CC1CCCN1. The molecule has 1 nitrogen and oxygen atoms in total. The topological polar surface area (TPSA) is 12.0 Å². The third kappa shape index (κ3) is 3.31. The molecule has 1 fully saturated rings. The number of nitrogens with one attached hydrogen (secondary N) is 1. The van der Waals surface area contributed by atoms with Gasteiger partial charge in [0.05, 0.1) is 0 Å². The highest BCUT2D eigenvalue weighted by Gasteiger charge is 2.29. The lowest BCUT2D eigenvalue weighted by molar-refractivity contribution is 0.158. The van der Waals surface area contributed by atoms with E-state index in [0.29, 0.717) is 18.9 Å². The molecule has 2 unspecified atom stereocenters. The lowest BCUT2D eigenvalue weighted by Gasteiger charge is -2.24. The van der Waals surface area contributed by atoms with Crippen LogP contribution < -0.4 is 5.32 Å². The van der Waals surface area contributed by atoms with Gasteiger partial charge in [0.2, 0.25) is 0 Å². The van der Waals surface area contributed by atoms with Crippen molar-refractivity contribution >= 4 is 0 Å². The van der Waals surface area contributed by atoms with Gasteiger partial charge in [0, 0.05) is 12.5 Å². The second-order valence-corrected chi connectivity index (χ2v) is 5.07. The van der Waals surface area contributed by atoms with Crippen molar-refractivity contribution in [2.24, 2.45) is 0 Å². The standard InChI is InChI=1S/C14H20FN/c1-14(15,11-13-8-5-9-16-13)10-12-6-3-2-4-7-12/h2-4,6-7,13,16H,5,8-11H2,1H3. The van der Waals surface area contributed by atoms with Crippen molar-refractivity contribution in [3.05, 3.63) is 35.9 Å². The second-order valence-electron chi connectivity index (χ2n) is 5.07. The minimum Gasteiger partial charge on any atom is -0.314 e. The Labute approximate surface area is 97.1 Å². The molecular weight excluding hydrogens is 201 g/mol. The van der Waals surface area contributed by atoms with Crippen molar-refractivity contribution < 1.29 is 4.39 Å². The molecular formula is C14H20FN. The molecule has 88 valence electrons. The van der Waals surface area contributed by atoms with E-state index in [-0.39, 0.29) is 0 Å². The summed E-state index contributed by atoms with van der Waals surface area (Å²) in [5.41, 5.74) is -0.00547. The number of benzene rings is 1. The Bertz CT molecular complexity index is 315. The zero-order chi connectivity index (χ0) is 11.4. The highest BCUT2D eigenvalue weighted by atomic mass is 19.1. The molecule has 0 aliphatic carbocycles. The molecule has 0 amide bonds. The maximum absolute atomic E-state index is 14.4. The summed E-state index contributed by atoms with van der Waals surface area (Å²) in [4.78, 5) is 0. The summed E-state index contributed by atoms with van der Waals surface area (Å²) in [6.07, 6.45) is 3.45. The molecule has 2 heteroatoms. The average Bonchev–Trinajstić information content (AvgIpc) is 2.70. The number of alkyl halides is 1. The van der Waals surface area contributed by atoms with Crippen LogP contribution in [0.3, 0.4) is 0 Å². The molecule has 2 rings (SSSR count). The van der Waals surface area contributed by atoms with Crippen molar-refractivity contribution in [3.8, 4) is 0 Å². The van der Waals surface area contributed by atoms with Crippen LogP contribution in [0.2, 0.25) is 0 Å². The first-order chi connectivity index (χ1) is 7.66. The molecule has 0 aromatic heterocycles. The molecule has 1 saturated heterocycles. The molecule has 16 heavy (non-hydrogen) atoms. The zero-order valence-electron chi connectivity index (χ0n) is 9.88. The van der Waals surface area contributed by atoms with E-state index in [4.69, 9.17) is 0 Å². The Hall–Kier alpha value is -0.890. The first-order valence-electron chi connectivity index (χ1n) is 6.12. The van der Waals surface area contributed by atoms with Crippen LogP contribution in [-0.2, 0) is 6.42 Å². The maximum Gasteiger partial charge on any atom is 0.113 e. The number of rotatable bonds is 4. The molecule has 0 saturated carbocycles. The van der Waals surface area contributed by atoms with Gasteiger partial charge >= 0.3 is 0 Å². The predicted molar refractivity (Wildman–Crippen MR) is 65.3 cm³/mol. The Morgan fingerprint density at radius 1 is 1.38 bits per heavy atom. The molecule has 0 radical (unpaired) electrons. The maximum atomic E-state index is 14.4. The summed E-state index contributed by atoms with van der Waals surface area (Å²) in [5.74, 6) is 0. The van der Waals surface area contributed by atoms with Crippen LogP contribution in [0.15, 0.2) is 30.3 Å². The van der Waals surface area contributed by atoms with Crippen LogP contribution in [0.25, 0.3) is 0 Å². The third-order valence-corrected chi connectivity index (χ3v) is 3.25. The van der Waals surface area contributed by atoms with Crippen molar-refractivity contribution in [1.29, 1.82) is 0 Å². The van der Waals surface area contributed by atoms with E-state index in [0.717, 1.165) is 18.5 Å². The first-order valence-corrected chi connectivity index (χ1v) is 6.12. The van der Waals surface area contributed by atoms with Crippen LogP contribution >= 0.6 is 0 Å². The highest BCUT2D eigenvalue weighted by Crippen LogP contribution is 2.26. The Kier molecular flexibility index (Phi) is 3.59. The average molecular weight is 221 g/mol. The molecule has 1 aromatic rings. The van der Waals surface area contributed by atoms with Crippen LogP contribution in [-0.4, -0.2) is 18.3 Å². The monoisotopic (exact) mass is 221 g/mol. The minimum absolute atomic E-state index is 0.374. The fourth-order valence-corrected chi connectivity index (χ4v) is 2.54. The van der Waals surface area contributed by atoms with Crippen LogP contribution in [0, 0.1) is 0 Å². The van der Waals surface area contributed by atoms with E-state index in [2.05, 4.69) is 5.32 Å². The molecule has 1 N–H and O–H groups in total. The third-order valence-electron chi connectivity index (χ3n) is 3.25. The summed E-state index contributed by atoms with van der Waals surface area (Å²) >= 11 is 0. The van der Waals surface area contributed by atoms with Gasteiger partial charge in [-0.3, -0.25) is 0 Å². The fraction of sp³-hybridized carbons (Fsp3) is 0.571. The van der Waals surface area contributed by atoms with E-state index in [9.17, 15) is 4.39 Å². The van der Waals surface area contributed by atoms with Gasteiger partial charge in [-0.2, -0.15) is 0 Å². The van der Waals surface area contributed by atoms with Gasteiger partial charge < -0.3 is 5.32 Å². The Morgan fingerprint density at radius 2 is 2.12 bits per heavy atom. The fourth-order valence-electron chi connectivity index (χ4n) is 2.54. The summed E-state index contributed by atoms with van der Waals surface area (Å²) in [6.45, 7) is 2.77. The van der Waals surface area contributed by atoms with E-state index < -0.39 is 5.67 Å². The van der Waals surface area contributed by atoms with Gasteiger partial charge in [0.25, 0.3) is 0 Å². The minimum atomic E-state index is -1.09. The van der Waals surface area contributed by atoms with Gasteiger partial charge in [-0.15, -0.1) is 0 Å². The Balaban J connectivity index is 1.91. The van der Waals surface area contributed by atoms with Gasteiger partial charge in [0.1, 0.15) is 5.67 Å². The zero-order valence-corrected chi connectivity index (χ0v) is 9.88. The van der Waals surface area contributed by atoms with E-state index in [1.807, 2.05) is 30.3 Å². The normalized spacial score (nSPS) is 24.2. The quantitative estimate of drug-likeness (QED) is 0.823. The molecule has 1 aromatic carbocycles. The van der Waals surface area contributed by atoms with Crippen LogP contribution in [0.5, 0.6) is 0 Å². The van der Waals surface area contributed by atoms with Crippen molar-refractivity contribution in [2.75, 3.05) is 6.54 Å². The molecule has 0 spiro atoms. The predicted octanol–water partition coefficient (Wildman–Crippen LogP) is 3.10. The first kappa shape index (κ1) is 11.6. The van der Waals surface area contributed by atoms with E-state index >= 15 is 0 Å². The van der Waals surface area contributed by atoms with Gasteiger partial charge in [-0.25, -0.2) is 4.39 Å². The van der Waals surface area contributed by atoms with Gasteiger partial charge in [-0.05, 0) is 38.3 Å². The van der Waals surface area contributed by atoms with Crippen molar-refractivity contribution in [1.82, 2.24) is 5.32 Å². The molecule has 1 heterocycles. The summed E-state index contributed by atoms with van der Waals surface area (Å²) in [7, 11) is 0. The molecule has 1 aliphatic heterocycles. The van der Waals surface area contributed by atoms with Gasteiger partial charge in [-0.1, -0.05) is 30.3 Å². The highest BCUT2D eigenvalue weighted by molar-refractivity contribution is 5.17. The summed E-state index contributed by atoms with van der Waals surface area (Å²) in [5, 5.41) is 3.36. The summed E-state index contributed by atoms with van der Waals surface area (Å²) in [6, 6.07) is 10.3. The van der Waals surface area contributed by atoms with Crippen LogP contribution in [0.4, 0.5) is 4.39 Å². The molecule has 2 atom stereocenters. The molecule has 1 aliphatic rings. The van der Waals surface area contributed by atoms with E-state index in [1.165, 1.54) is 6.42 Å². The van der Waals surface area contributed by atoms with Crippen molar-refractivity contribution in [2.45, 2.75) is 44.3 Å². The summed E-state index contributed by atoms with van der Waals surface area (Å²) < 4.78 is 14.4. The van der Waals surface area contributed by atoms with Crippen molar-refractivity contribution in [3.63, 3.8) is 0 Å². The largest absolute Gasteiger partial charge is 0.314 e. The van der Waals surface area contributed by atoms with E-state index in [1.54, 1.807) is 6.92 Å². The lowest BCUT2D eigenvalue weighted by atomic mass is 9.91. The second kappa shape index (κ2) is 4.96. The number of hydrogen-bond acceptors (Lipinski definition) is 1. The molecule has 0 bridgehead atoms. The Morgan fingerprint density at radius 3 is 2.75 bits per heavy atom.